The van der Waals surface area contributed by atoms with Crippen LogP contribution in [0.4, 0.5) is 4.39 Å². The van der Waals surface area contributed by atoms with Gasteiger partial charge >= 0.3 is 0 Å². The van der Waals surface area contributed by atoms with E-state index in [1.165, 1.54) is 29.7 Å². The lowest BCUT2D eigenvalue weighted by Gasteiger charge is -1.99. The molecule has 2 aromatic heterocycles. The molecule has 8 heteroatoms. The van der Waals surface area contributed by atoms with Crippen molar-refractivity contribution in [3.8, 4) is 11.3 Å². The van der Waals surface area contributed by atoms with E-state index in [0.717, 1.165) is 5.01 Å². The Labute approximate surface area is 136 Å². The molecule has 0 aliphatic heterocycles. The van der Waals surface area contributed by atoms with Crippen LogP contribution in [0.2, 0.25) is 0 Å². The van der Waals surface area contributed by atoms with Gasteiger partial charge in [0.05, 0.1) is 22.7 Å². The molecule has 120 valence electrons. The molecule has 0 atom stereocenters. The highest BCUT2D eigenvalue weighted by atomic mass is 32.2. The minimum atomic E-state index is -3.44. The van der Waals surface area contributed by atoms with Crippen LogP contribution in [0, 0.1) is 12.7 Å². The standard InChI is InChI=1S/C15H13FN2O3S2/c1-10-18-13(7-22-10)8-23(19,20)9-15-17-6-14(21-15)11-3-2-4-12(16)5-11/h2-7H,8-9H2,1H3. The molecule has 5 nitrogen and oxygen atoms in total. The van der Waals surface area contributed by atoms with Gasteiger partial charge < -0.3 is 4.42 Å². The molecule has 0 saturated carbocycles. The first-order valence-electron chi connectivity index (χ1n) is 6.73. The van der Waals surface area contributed by atoms with E-state index >= 15 is 0 Å². The van der Waals surface area contributed by atoms with Crippen LogP contribution in [0.3, 0.4) is 0 Å². The van der Waals surface area contributed by atoms with Crippen LogP contribution < -0.4 is 0 Å². The third-order valence-corrected chi connectivity index (χ3v) is 5.29. The smallest absolute Gasteiger partial charge is 0.210 e. The second-order valence-corrected chi connectivity index (χ2v) is 8.15. The molecule has 0 amide bonds. The Kier molecular flexibility index (Phi) is 4.27. The van der Waals surface area contributed by atoms with Gasteiger partial charge in [-0.25, -0.2) is 22.8 Å². The number of thiazole rings is 1. The minimum absolute atomic E-state index is 0.0798. The number of oxazole rings is 1. The third kappa shape index (κ3) is 4.02. The average molecular weight is 352 g/mol. The highest BCUT2D eigenvalue weighted by Gasteiger charge is 2.19. The van der Waals surface area contributed by atoms with Gasteiger partial charge in [-0.3, -0.25) is 0 Å². The van der Waals surface area contributed by atoms with Gasteiger partial charge in [0.2, 0.25) is 5.89 Å². The monoisotopic (exact) mass is 352 g/mol. The van der Waals surface area contributed by atoms with Crippen LogP contribution in [0.15, 0.2) is 40.3 Å². The molecule has 3 rings (SSSR count). The maximum absolute atomic E-state index is 13.2. The zero-order valence-corrected chi connectivity index (χ0v) is 13.8. The molecule has 23 heavy (non-hydrogen) atoms. The van der Waals surface area contributed by atoms with Gasteiger partial charge in [-0.05, 0) is 19.1 Å². The van der Waals surface area contributed by atoms with E-state index in [9.17, 15) is 12.8 Å². The molecule has 0 saturated heterocycles. The van der Waals surface area contributed by atoms with Gasteiger partial charge in [-0.1, -0.05) is 12.1 Å². The second-order valence-electron chi connectivity index (χ2n) is 5.02. The Hall–Kier alpha value is -2.06. The summed E-state index contributed by atoms with van der Waals surface area (Å²) in [6.07, 6.45) is 1.40. The number of benzene rings is 1. The van der Waals surface area contributed by atoms with Crippen LogP contribution in [0.5, 0.6) is 0 Å². The van der Waals surface area contributed by atoms with E-state index in [0.29, 0.717) is 17.0 Å². The summed E-state index contributed by atoms with van der Waals surface area (Å²) in [5.41, 5.74) is 1.03. The first-order chi connectivity index (χ1) is 10.9. The fourth-order valence-corrected chi connectivity index (χ4v) is 4.02. The summed E-state index contributed by atoms with van der Waals surface area (Å²) in [5, 5.41) is 2.54. The van der Waals surface area contributed by atoms with Gasteiger partial charge in [0.15, 0.2) is 15.6 Å². The van der Waals surface area contributed by atoms with Gasteiger partial charge in [0, 0.05) is 10.9 Å². The van der Waals surface area contributed by atoms with Crippen molar-refractivity contribution < 1.29 is 17.2 Å². The zero-order chi connectivity index (χ0) is 16.4. The number of aryl methyl sites for hydroxylation is 1. The number of aromatic nitrogens is 2. The molecule has 0 aliphatic carbocycles. The largest absolute Gasteiger partial charge is 0.440 e. The molecule has 3 aromatic rings. The summed E-state index contributed by atoms with van der Waals surface area (Å²) in [6.45, 7) is 1.82. The lowest BCUT2D eigenvalue weighted by Crippen LogP contribution is -2.08. The summed E-state index contributed by atoms with van der Waals surface area (Å²) >= 11 is 1.40. The topological polar surface area (TPSA) is 73.1 Å². The molecule has 1 aromatic carbocycles. The molecule has 0 bridgehead atoms. The van der Waals surface area contributed by atoms with Crippen molar-refractivity contribution in [2.24, 2.45) is 0 Å². The molecule has 2 heterocycles. The van der Waals surface area contributed by atoms with E-state index in [2.05, 4.69) is 9.97 Å². The molecule has 0 aliphatic rings. The second kappa shape index (κ2) is 6.21. The molecule has 0 unspecified atom stereocenters. The fourth-order valence-electron chi connectivity index (χ4n) is 2.09. The van der Waals surface area contributed by atoms with Crippen molar-refractivity contribution in [2.75, 3.05) is 0 Å². The Morgan fingerprint density at radius 2 is 2.13 bits per heavy atom. The Balaban J connectivity index is 1.75. The van der Waals surface area contributed by atoms with Crippen LogP contribution >= 0.6 is 11.3 Å². The van der Waals surface area contributed by atoms with E-state index in [-0.39, 0.29) is 17.4 Å². The lowest BCUT2D eigenvalue weighted by molar-refractivity contribution is 0.518. The zero-order valence-electron chi connectivity index (χ0n) is 12.2. The highest BCUT2D eigenvalue weighted by Crippen LogP contribution is 2.22. The molecular weight excluding hydrogens is 339 g/mol. The van der Waals surface area contributed by atoms with Crippen LogP contribution in [0.25, 0.3) is 11.3 Å². The molecule has 0 spiro atoms. The van der Waals surface area contributed by atoms with E-state index < -0.39 is 15.7 Å². The molecule has 0 N–H and O–H groups in total. The van der Waals surface area contributed by atoms with Crippen LogP contribution in [0.1, 0.15) is 16.6 Å². The summed E-state index contributed by atoms with van der Waals surface area (Å²) in [5.74, 6) is -0.462. The number of sulfone groups is 1. The third-order valence-electron chi connectivity index (χ3n) is 3.04. The Morgan fingerprint density at radius 1 is 1.30 bits per heavy atom. The van der Waals surface area contributed by atoms with Gasteiger partial charge in [0.25, 0.3) is 0 Å². The van der Waals surface area contributed by atoms with Gasteiger partial charge in [-0.2, -0.15) is 0 Å². The number of hydrogen-bond acceptors (Lipinski definition) is 6. The van der Waals surface area contributed by atoms with Crippen molar-refractivity contribution in [1.29, 1.82) is 0 Å². The van der Waals surface area contributed by atoms with Crippen LogP contribution in [-0.2, 0) is 21.3 Å². The maximum atomic E-state index is 13.2. The predicted octanol–water partition coefficient (Wildman–Crippen LogP) is 3.36. The lowest BCUT2D eigenvalue weighted by atomic mass is 10.2. The normalized spacial score (nSPS) is 11.7. The quantitative estimate of drug-likeness (QED) is 0.704. The van der Waals surface area contributed by atoms with Crippen molar-refractivity contribution >= 4 is 21.2 Å². The van der Waals surface area contributed by atoms with Gasteiger partial charge in [0.1, 0.15) is 11.6 Å². The molecule has 0 fully saturated rings. The number of hydrogen-bond donors (Lipinski definition) is 0. The predicted molar refractivity (Wildman–Crippen MR) is 85.1 cm³/mol. The summed E-state index contributed by atoms with van der Waals surface area (Å²) in [7, 11) is -3.44. The van der Waals surface area contributed by atoms with Crippen molar-refractivity contribution in [3.05, 3.63) is 58.3 Å². The number of halogens is 1. The SMILES string of the molecule is Cc1nc(CS(=O)(=O)Cc2ncc(-c3cccc(F)c3)o2)cs1. The van der Waals surface area contributed by atoms with E-state index in [4.69, 9.17) is 4.42 Å². The average Bonchev–Trinajstić information content (AvgIpc) is 3.07. The Bertz CT molecular complexity index is 932. The van der Waals surface area contributed by atoms with Crippen LogP contribution in [-0.4, -0.2) is 18.4 Å². The number of nitrogens with zero attached hydrogens (tertiary/aromatic N) is 2. The van der Waals surface area contributed by atoms with Crippen molar-refractivity contribution in [1.82, 2.24) is 9.97 Å². The van der Waals surface area contributed by atoms with Gasteiger partial charge in [-0.15, -0.1) is 11.3 Å². The first-order valence-corrected chi connectivity index (χ1v) is 9.43. The molecular formula is C15H13FN2O3S2. The first kappa shape index (κ1) is 15.8. The summed E-state index contributed by atoms with van der Waals surface area (Å²) in [6, 6.07) is 5.84. The summed E-state index contributed by atoms with van der Waals surface area (Å²) < 4.78 is 43.0. The maximum Gasteiger partial charge on any atom is 0.210 e. The van der Waals surface area contributed by atoms with E-state index in [1.807, 2.05) is 6.92 Å². The minimum Gasteiger partial charge on any atom is -0.440 e. The highest BCUT2D eigenvalue weighted by molar-refractivity contribution is 7.89. The summed E-state index contributed by atoms with van der Waals surface area (Å²) in [4.78, 5) is 8.11. The Morgan fingerprint density at radius 3 is 2.83 bits per heavy atom. The van der Waals surface area contributed by atoms with Crippen molar-refractivity contribution in [3.63, 3.8) is 0 Å². The fraction of sp³-hybridized carbons (Fsp3) is 0.200. The number of rotatable bonds is 5. The molecule has 0 radical (unpaired) electrons. The van der Waals surface area contributed by atoms with Crippen molar-refractivity contribution in [2.45, 2.75) is 18.4 Å². The van der Waals surface area contributed by atoms with E-state index in [1.54, 1.807) is 17.5 Å².